The highest BCUT2D eigenvalue weighted by molar-refractivity contribution is 5.87. The molecule has 0 bridgehead atoms. The third-order valence-electron chi connectivity index (χ3n) is 0.821. The van der Waals surface area contributed by atoms with E-state index in [1.807, 2.05) is 0 Å². The number of nitrogens with one attached hydrogen (secondary N) is 2. The molecule has 62 valence electrons. The third kappa shape index (κ3) is 3.96. The molecule has 0 aromatic heterocycles. The highest BCUT2D eigenvalue weighted by atomic mass is 16.5. The molecule has 1 amide bonds. The summed E-state index contributed by atoms with van der Waals surface area (Å²) >= 11 is 0. The van der Waals surface area contributed by atoms with Crippen LogP contribution in [0, 0.1) is 0 Å². The van der Waals surface area contributed by atoms with E-state index < -0.39 is 5.97 Å². The summed E-state index contributed by atoms with van der Waals surface area (Å²) in [7, 11) is 1.23. The third-order valence-corrected chi connectivity index (χ3v) is 0.821. The number of methoxy groups -OCH3 is 1. The van der Waals surface area contributed by atoms with Gasteiger partial charge in [-0.25, -0.2) is 4.79 Å². The van der Waals surface area contributed by atoms with Gasteiger partial charge in [0, 0.05) is 6.92 Å². The lowest BCUT2D eigenvalue weighted by atomic mass is 10.5. The molecule has 5 heteroatoms. The second-order valence-electron chi connectivity index (χ2n) is 1.78. The summed E-state index contributed by atoms with van der Waals surface area (Å²) < 4.78 is 4.29. The Morgan fingerprint density at radius 3 is 2.27 bits per heavy atom. The van der Waals surface area contributed by atoms with Gasteiger partial charge < -0.3 is 4.74 Å². The minimum atomic E-state index is -0.612. The first kappa shape index (κ1) is 9.48. The average Bonchev–Trinajstić information content (AvgIpc) is 1.98. The Kier molecular flexibility index (Phi) is 3.72. The predicted molar refractivity (Wildman–Crippen MR) is 38.1 cm³/mol. The number of hydrogen-bond donors (Lipinski definition) is 2. The molecule has 0 aromatic carbocycles. The van der Waals surface area contributed by atoms with E-state index in [0.717, 1.165) is 0 Å². The normalized spacial score (nSPS) is 8.18. The number of rotatable bonds is 3. The molecule has 0 saturated carbocycles. The SMILES string of the molecule is C=C(NNC(C)=O)C(=O)OC. The first-order valence-corrected chi connectivity index (χ1v) is 2.87. The van der Waals surface area contributed by atoms with E-state index in [1.54, 1.807) is 0 Å². The van der Waals surface area contributed by atoms with Crippen LogP contribution in [0.15, 0.2) is 12.3 Å². The van der Waals surface area contributed by atoms with E-state index in [2.05, 4.69) is 22.2 Å². The van der Waals surface area contributed by atoms with Crippen LogP contribution < -0.4 is 10.9 Å². The van der Waals surface area contributed by atoms with E-state index >= 15 is 0 Å². The fourth-order valence-corrected chi connectivity index (χ4v) is 0.338. The molecule has 0 rings (SSSR count). The van der Waals surface area contributed by atoms with Crippen molar-refractivity contribution in [1.29, 1.82) is 0 Å². The maximum absolute atomic E-state index is 10.6. The van der Waals surface area contributed by atoms with Crippen molar-refractivity contribution in [2.45, 2.75) is 6.92 Å². The van der Waals surface area contributed by atoms with Crippen LogP contribution in [0.2, 0.25) is 0 Å². The second-order valence-corrected chi connectivity index (χ2v) is 1.78. The zero-order valence-corrected chi connectivity index (χ0v) is 6.43. The summed E-state index contributed by atoms with van der Waals surface area (Å²) in [5.41, 5.74) is 4.42. The molecule has 0 atom stereocenters. The Hall–Kier alpha value is -1.52. The summed E-state index contributed by atoms with van der Waals surface area (Å²) in [5, 5.41) is 0. The van der Waals surface area contributed by atoms with Crippen molar-refractivity contribution in [3.8, 4) is 0 Å². The molecule has 0 spiro atoms. The van der Waals surface area contributed by atoms with Gasteiger partial charge in [-0.15, -0.1) is 0 Å². The number of ether oxygens (including phenoxy) is 1. The van der Waals surface area contributed by atoms with Crippen LogP contribution in [0.25, 0.3) is 0 Å². The molecule has 0 radical (unpaired) electrons. The minimum Gasteiger partial charge on any atom is -0.464 e. The minimum absolute atomic E-state index is 0.0114. The molecule has 0 heterocycles. The van der Waals surface area contributed by atoms with E-state index in [0.29, 0.717) is 0 Å². The van der Waals surface area contributed by atoms with Crippen molar-refractivity contribution in [1.82, 2.24) is 10.9 Å². The Morgan fingerprint density at radius 1 is 1.36 bits per heavy atom. The van der Waals surface area contributed by atoms with Crippen LogP contribution in [0.1, 0.15) is 6.92 Å². The Balaban J connectivity index is 3.70. The van der Waals surface area contributed by atoms with Gasteiger partial charge in [0.1, 0.15) is 5.70 Å². The van der Waals surface area contributed by atoms with Crippen LogP contribution in [0.4, 0.5) is 0 Å². The second kappa shape index (κ2) is 4.32. The first-order valence-electron chi connectivity index (χ1n) is 2.87. The van der Waals surface area contributed by atoms with Crippen molar-refractivity contribution in [2.24, 2.45) is 0 Å². The maximum Gasteiger partial charge on any atom is 0.355 e. The quantitative estimate of drug-likeness (QED) is 0.324. The summed E-state index contributed by atoms with van der Waals surface area (Å²) in [6.45, 7) is 4.60. The molecular formula is C6H10N2O3. The molecule has 0 aliphatic heterocycles. The molecule has 0 fully saturated rings. The Labute approximate surface area is 64.4 Å². The van der Waals surface area contributed by atoms with E-state index in [-0.39, 0.29) is 11.6 Å². The number of carbonyl (C=O) groups is 2. The van der Waals surface area contributed by atoms with Gasteiger partial charge in [0.05, 0.1) is 7.11 Å². The molecule has 0 unspecified atom stereocenters. The van der Waals surface area contributed by atoms with E-state index in [9.17, 15) is 9.59 Å². The molecule has 0 aliphatic carbocycles. The van der Waals surface area contributed by atoms with Gasteiger partial charge >= 0.3 is 5.97 Å². The summed E-state index contributed by atoms with van der Waals surface area (Å²) in [6.07, 6.45) is 0. The number of amides is 1. The molecule has 0 saturated heterocycles. The van der Waals surface area contributed by atoms with E-state index in [4.69, 9.17) is 0 Å². The van der Waals surface area contributed by atoms with Crippen LogP contribution >= 0.6 is 0 Å². The zero-order chi connectivity index (χ0) is 8.85. The molecule has 2 N–H and O–H groups in total. The van der Waals surface area contributed by atoms with Gasteiger partial charge in [-0.3, -0.25) is 15.6 Å². The highest BCUT2D eigenvalue weighted by Crippen LogP contribution is 1.84. The Morgan fingerprint density at radius 2 is 1.91 bits per heavy atom. The van der Waals surface area contributed by atoms with Gasteiger partial charge in [0.25, 0.3) is 0 Å². The molecule has 5 nitrogen and oxygen atoms in total. The summed E-state index contributed by atoms with van der Waals surface area (Å²) in [6, 6.07) is 0. The molecule has 11 heavy (non-hydrogen) atoms. The number of hydrazine groups is 1. The number of esters is 1. The standard InChI is InChI=1S/C6H10N2O3/c1-4(6(10)11-3)7-8-5(2)9/h7H,1H2,2-3H3,(H,8,9). The fourth-order valence-electron chi connectivity index (χ4n) is 0.338. The van der Waals surface area contributed by atoms with Crippen molar-refractivity contribution in [3.05, 3.63) is 12.3 Å². The lowest BCUT2D eigenvalue weighted by Gasteiger charge is -2.06. The van der Waals surface area contributed by atoms with Crippen LogP contribution in [-0.4, -0.2) is 19.0 Å². The smallest absolute Gasteiger partial charge is 0.355 e. The van der Waals surface area contributed by atoms with Crippen molar-refractivity contribution >= 4 is 11.9 Å². The van der Waals surface area contributed by atoms with Crippen LogP contribution in [0.3, 0.4) is 0 Å². The van der Waals surface area contributed by atoms with Crippen LogP contribution in [-0.2, 0) is 14.3 Å². The van der Waals surface area contributed by atoms with Crippen LogP contribution in [0.5, 0.6) is 0 Å². The van der Waals surface area contributed by atoms with Gasteiger partial charge in [0.2, 0.25) is 5.91 Å². The van der Waals surface area contributed by atoms with Crippen molar-refractivity contribution in [3.63, 3.8) is 0 Å². The van der Waals surface area contributed by atoms with Gasteiger partial charge in [-0.2, -0.15) is 0 Å². The van der Waals surface area contributed by atoms with Gasteiger partial charge in [0.15, 0.2) is 0 Å². The highest BCUT2D eigenvalue weighted by Gasteiger charge is 2.04. The summed E-state index contributed by atoms with van der Waals surface area (Å²) in [4.78, 5) is 20.9. The van der Waals surface area contributed by atoms with E-state index in [1.165, 1.54) is 14.0 Å². The molecule has 0 aliphatic rings. The van der Waals surface area contributed by atoms with Crippen molar-refractivity contribution < 1.29 is 14.3 Å². The lowest BCUT2D eigenvalue weighted by molar-refractivity contribution is -0.136. The Bertz CT molecular complexity index is 188. The molecule has 0 aromatic rings. The molecular weight excluding hydrogens is 148 g/mol. The lowest BCUT2D eigenvalue weighted by Crippen LogP contribution is -2.37. The topological polar surface area (TPSA) is 67.4 Å². The van der Waals surface area contributed by atoms with Crippen molar-refractivity contribution in [2.75, 3.05) is 7.11 Å². The predicted octanol–water partition coefficient (Wildman–Crippen LogP) is -0.686. The maximum atomic E-state index is 10.6. The van der Waals surface area contributed by atoms with Gasteiger partial charge in [-0.05, 0) is 0 Å². The first-order chi connectivity index (χ1) is 5.07. The number of carbonyl (C=O) groups excluding carboxylic acids is 2. The zero-order valence-electron chi connectivity index (χ0n) is 6.43. The largest absolute Gasteiger partial charge is 0.464 e. The monoisotopic (exact) mass is 158 g/mol. The number of hydrogen-bond acceptors (Lipinski definition) is 4. The van der Waals surface area contributed by atoms with Gasteiger partial charge in [-0.1, -0.05) is 6.58 Å². The summed E-state index contributed by atoms with van der Waals surface area (Å²) in [5.74, 6) is -0.922. The fraction of sp³-hybridized carbons (Fsp3) is 0.333. The average molecular weight is 158 g/mol.